The summed E-state index contributed by atoms with van der Waals surface area (Å²) in [5.41, 5.74) is 1.99. The predicted octanol–water partition coefficient (Wildman–Crippen LogP) is 2.77. The first-order valence-corrected chi connectivity index (χ1v) is 10.3. The van der Waals surface area contributed by atoms with E-state index in [0.29, 0.717) is 13.2 Å². The molecule has 0 saturated carbocycles. The molecule has 2 fully saturated rings. The molecule has 6 nitrogen and oxygen atoms in total. The first-order chi connectivity index (χ1) is 14.3. The number of fused-ring (bicyclic) bond motifs is 1. The Morgan fingerprint density at radius 2 is 1.76 bits per heavy atom. The molecule has 0 aliphatic carbocycles. The van der Waals surface area contributed by atoms with E-state index in [4.69, 9.17) is 18.9 Å². The maximum absolute atomic E-state index is 11.1. The quantitative estimate of drug-likeness (QED) is 0.746. The molecule has 2 aromatic rings. The van der Waals surface area contributed by atoms with Gasteiger partial charge >= 0.3 is 0 Å². The molecular formula is C23H29NO5. The zero-order valence-electron chi connectivity index (χ0n) is 16.6. The van der Waals surface area contributed by atoms with Crippen molar-refractivity contribution in [2.24, 2.45) is 0 Å². The van der Waals surface area contributed by atoms with Gasteiger partial charge in [0.2, 0.25) is 0 Å². The molecule has 0 spiro atoms. The standard InChI is InChI=1S/C23H29NO5/c1-2-13-24-19-20(25)21-18(15-27-22(29-21)17-11-7-4-8-12-17)28-23(19)26-14-16-9-5-3-6-10-16/h3-12,18-25H,2,13-15H2,1H3/t18-,19-,20-,21-,22-,23+/m1/s1. The van der Waals surface area contributed by atoms with Gasteiger partial charge in [-0.2, -0.15) is 0 Å². The van der Waals surface area contributed by atoms with Crippen molar-refractivity contribution >= 4 is 0 Å². The van der Waals surface area contributed by atoms with E-state index in [-0.39, 0.29) is 12.1 Å². The van der Waals surface area contributed by atoms with Crippen molar-refractivity contribution < 1.29 is 24.1 Å². The second-order valence-corrected chi connectivity index (χ2v) is 7.49. The van der Waals surface area contributed by atoms with Gasteiger partial charge in [0, 0.05) is 5.56 Å². The minimum atomic E-state index is -0.767. The number of nitrogens with one attached hydrogen (secondary N) is 1. The summed E-state index contributed by atoms with van der Waals surface area (Å²) in [7, 11) is 0. The van der Waals surface area contributed by atoms with E-state index in [1.165, 1.54) is 0 Å². The third-order valence-corrected chi connectivity index (χ3v) is 5.32. The van der Waals surface area contributed by atoms with Crippen LogP contribution in [0.15, 0.2) is 60.7 Å². The smallest absolute Gasteiger partial charge is 0.184 e. The fourth-order valence-corrected chi connectivity index (χ4v) is 3.79. The van der Waals surface area contributed by atoms with Crippen LogP contribution in [0, 0.1) is 0 Å². The largest absolute Gasteiger partial charge is 0.388 e. The molecule has 2 aliphatic rings. The molecule has 2 saturated heterocycles. The first-order valence-electron chi connectivity index (χ1n) is 10.3. The van der Waals surface area contributed by atoms with Crippen molar-refractivity contribution in [3.8, 4) is 0 Å². The third kappa shape index (κ3) is 4.86. The molecule has 0 amide bonds. The molecule has 2 N–H and O–H groups in total. The Morgan fingerprint density at radius 1 is 1.03 bits per heavy atom. The zero-order chi connectivity index (χ0) is 20.1. The van der Waals surface area contributed by atoms with Crippen LogP contribution in [0.2, 0.25) is 0 Å². The van der Waals surface area contributed by atoms with Gasteiger partial charge in [-0.3, -0.25) is 0 Å². The van der Waals surface area contributed by atoms with Gasteiger partial charge in [0.25, 0.3) is 0 Å². The lowest BCUT2D eigenvalue weighted by Crippen LogP contribution is -2.66. The van der Waals surface area contributed by atoms with E-state index >= 15 is 0 Å². The highest BCUT2D eigenvalue weighted by Crippen LogP contribution is 2.34. The average molecular weight is 399 g/mol. The molecule has 6 heteroatoms. The van der Waals surface area contributed by atoms with Gasteiger partial charge in [0.1, 0.15) is 18.3 Å². The van der Waals surface area contributed by atoms with Crippen LogP contribution < -0.4 is 5.32 Å². The Morgan fingerprint density at radius 3 is 2.48 bits per heavy atom. The molecule has 0 radical (unpaired) electrons. The van der Waals surface area contributed by atoms with Crippen LogP contribution in [0.3, 0.4) is 0 Å². The summed E-state index contributed by atoms with van der Waals surface area (Å²) in [5, 5.41) is 14.5. The maximum atomic E-state index is 11.1. The Balaban J connectivity index is 1.45. The van der Waals surface area contributed by atoms with Gasteiger partial charge in [-0.1, -0.05) is 67.6 Å². The van der Waals surface area contributed by atoms with E-state index in [1.54, 1.807) is 0 Å². The Kier molecular flexibility index (Phi) is 6.92. The average Bonchev–Trinajstić information content (AvgIpc) is 2.78. The number of rotatable bonds is 7. The highest BCUT2D eigenvalue weighted by Gasteiger charge is 2.49. The van der Waals surface area contributed by atoms with Crippen molar-refractivity contribution in [1.29, 1.82) is 0 Å². The zero-order valence-corrected chi connectivity index (χ0v) is 16.6. The van der Waals surface area contributed by atoms with Crippen LogP contribution in [0.5, 0.6) is 0 Å². The topological polar surface area (TPSA) is 69.2 Å². The molecular weight excluding hydrogens is 370 g/mol. The van der Waals surface area contributed by atoms with E-state index in [2.05, 4.69) is 12.2 Å². The highest BCUT2D eigenvalue weighted by atomic mass is 16.7. The second-order valence-electron chi connectivity index (χ2n) is 7.49. The van der Waals surface area contributed by atoms with Gasteiger partial charge < -0.3 is 29.4 Å². The molecule has 2 aromatic carbocycles. The van der Waals surface area contributed by atoms with E-state index in [0.717, 1.165) is 24.1 Å². The Hall–Kier alpha value is -1.80. The molecule has 0 unspecified atom stereocenters. The monoisotopic (exact) mass is 399 g/mol. The number of ether oxygens (including phenoxy) is 4. The molecule has 6 atom stereocenters. The van der Waals surface area contributed by atoms with Crippen LogP contribution in [-0.4, -0.2) is 48.9 Å². The van der Waals surface area contributed by atoms with Gasteiger partial charge in [0.15, 0.2) is 12.6 Å². The van der Waals surface area contributed by atoms with Gasteiger partial charge in [-0.15, -0.1) is 0 Å². The molecule has 2 aliphatic heterocycles. The second kappa shape index (κ2) is 9.80. The van der Waals surface area contributed by atoms with E-state index < -0.39 is 24.8 Å². The minimum Gasteiger partial charge on any atom is -0.388 e. The first kappa shape index (κ1) is 20.5. The summed E-state index contributed by atoms with van der Waals surface area (Å²) in [6.45, 7) is 3.59. The van der Waals surface area contributed by atoms with Crippen LogP contribution in [0.1, 0.15) is 30.8 Å². The predicted molar refractivity (Wildman–Crippen MR) is 108 cm³/mol. The lowest BCUT2D eigenvalue weighted by molar-refractivity contribution is -0.346. The molecule has 4 rings (SSSR count). The van der Waals surface area contributed by atoms with Crippen molar-refractivity contribution in [2.45, 2.75) is 56.9 Å². The number of hydrogen-bond acceptors (Lipinski definition) is 6. The van der Waals surface area contributed by atoms with Crippen LogP contribution in [-0.2, 0) is 25.6 Å². The molecule has 156 valence electrons. The lowest BCUT2D eigenvalue weighted by atomic mass is 9.95. The third-order valence-electron chi connectivity index (χ3n) is 5.32. The number of aliphatic hydroxyl groups excluding tert-OH is 1. The normalized spacial score (nSPS) is 31.9. The number of benzene rings is 2. The summed E-state index contributed by atoms with van der Waals surface area (Å²) in [6, 6.07) is 19.3. The van der Waals surface area contributed by atoms with Crippen molar-refractivity contribution in [2.75, 3.05) is 13.2 Å². The summed E-state index contributed by atoms with van der Waals surface area (Å²) >= 11 is 0. The molecule has 2 heterocycles. The van der Waals surface area contributed by atoms with Crippen molar-refractivity contribution in [3.05, 3.63) is 71.8 Å². The summed E-state index contributed by atoms with van der Waals surface area (Å²) in [5.74, 6) is 0. The SMILES string of the molecule is CCCN[C@H]1[C@@H](OCc2ccccc2)O[C@@H]2CO[C@@H](c3ccccc3)O[C@H]2[C@@H]1O. The highest BCUT2D eigenvalue weighted by molar-refractivity contribution is 5.17. The number of hydrogen-bond donors (Lipinski definition) is 2. The van der Waals surface area contributed by atoms with E-state index in [9.17, 15) is 5.11 Å². The molecule has 0 aromatic heterocycles. The van der Waals surface area contributed by atoms with E-state index in [1.807, 2.05) is 60.7 Å². The van der Waals surface area contributed by atoms with Crippen LogP contribution >= 0.6 is 0 Å². The molecule has 29 heavy (non-hydrogen) atoms. The van der Waals surface area contributed by atoms with Crippen LogP contribution in [0.4, 0.5) is 0 Å². The van der Waals surface area contributed by atoms with Gasteiger partial charge in [-0.05, 0) is 18.5 Å². The molecule has 0 bridgehead atoms. The number of aliphatic hydroxyl groups is 1. The lowest BCUT2D eigenvalue weighted by Gasteiger charge is -2.48. The van der Waals surface area contributed by atoms with Crippen molar-refractivity contribution in [1.82, 2.24) is 5.32 Å². The van der Waals surface area contributed by atoms with Crippen molar-refractivity contribution in [3.63, 3.8) is 0 Å². The fourth-order valence-electron chi connectivity index (χ4n) is 3.79. The summed E-state index contributed by atoms with van der Waals surface area (Å²) in [4.78, 5) is 0. The minimum absolute atomic E-state index is 0.340. The van der Waals surface area contributed by atoms with Gasteiger partial charge in [0.05, 0.1) is 19.3 Å². The Labute approximate surface area is 171 Å². The van der Waals surface area contributed by atoms with Gasteiger partial charge in [-0.25, -0.2) is 0 Å². The summed E-state index contributed by atoms with van der Waals surface area (Å²) in [6.07, 6.45) is -1.79. The van der Waals surface area contributed by atoms with Crippen LogP contribution in [0.25, 0.3) is 0 Å². The summed E-state index contributed by atoms with van der Waals surface area (Å²) < 4.78 is 24.2. The fraction of sp³-hybridized carbons (Fsp3) is 0.478. The maximum Gasteiger partial charge on any atom is 0.184 e. The Bertz CT molecular complexity index is 743.